The number of hydrogen-bond donors (Lipinski definition) is 0. The SMILES string of the molecule is Brc1nc(Br)n(C2COC2)n1. The van der Waals surface area contributed by atoms with Gasteiger partial charge in [-0.15, -0.1) is 5.10 Å². The molecular weight excluding hydrogens is 278 g/mol. The zero-order chi connectivity index (χ0) is 7.84. The zero-order valence-electron chi connectivity index (χ0n) is 5.50. The molecule has 0 aliphatic carbocycles. The van der Waals surface area contributed by atoms with Gasteiger partial charge in [0.15, 0.2) is 4.73 Å². The summed E-state index contributed by atoms with van der Waals surface area (Å²) < 4.78 is 8.20. The van der Waals surface area contributed by atoms with E-state index in [1.54, 1.807) is 0 Å². The molecule has 0 N–H and O–H groups in total. The van der Waals surface area contributed by atoms with Crippen LogP contribution in [0.3, 0.4) is 0 Å². The van der Waals surface area contributed by atoms with Crippen molar-refractivity contribution >= 4 is 31.9 Å². The standard InChI is InChI=1S/C5H5Br2N3O/c6-4-8-5(7)10(9-4)3-1-11-2-3/h3H,1-2H2. The molecule has 11 heavy (non-hydrogen) atoms. The molecule has 1 fully saturated rings. The molecule has 1 saturated heterocycles. The Hall–Kier alpha value is 0.0600. The van der Waals surface area contributed by atoms with Crippen LogP contribution in [-0.2, 0) is 4.74 Å². The molecule has 60 valence electrons. The average molecular weight is 283 g/mol. The van der Waals surface area contributed by atoms with Crippen LogP contribution >= 0.6 is 31.9 Å². The second-order valence-corrected chi connectivity index (χ2v) is 3.70. The first-order valence-electron chi connectivity index (χ1n) is 3.12. The van der Waals surface area contributed by atoms with E-state index in [1.807, 2.05) is 4.68 Å². The van der Waals surface area contributed by atoms with Crippen LogP contribution in [0.1, 0.15) is 6.04 Å². The Morgan fingerprint density at radius 1 is 1.45 bits per heavy atom. The van der Waals surface area contributed by atoms with Gasteiger partial charge in [0.1, 0.15) is 6.04 Å². The molecule has 0 aromatic carbocycles. The third-order valence-corrected chi connectivity index (χ3v) is 2.41. The van der Waals surface area contributed by atoms with Crippen molar-refractivity contribution in [1.82, 2.24) is 14.8 Å². The lowest BCUT2D eigenvalue weighted by Crippen LogP contribution is -2.31. The van der Waals surface area contributed by atoms with Gasteiger partial charge in [0.05, 0.1) is 13.2 Å². The van der Waals surface area contributed by atoms with E-state index in [1.165, 1.54) is 0 Å². The Labute approximate surface area is 80.2 Å². The Kier molecular flexibility index (Phi) is 1.98. The van der Waals surface area contributed by atoms with Crippen LogP contribution in [-0.4, -0.2) is 28.0 Å². The lowest BCUT2D eigenvalue weighted by molar-refractivity contribution is -0.0299. The van der Waals surface area contributed by atoms with Gasteiger partial charge in [-0.2, -0.15) is 4.98 Å². The van der Waals surface area contributed by atoms with E-state index in [2.05, 4.69) is 41.9 Å². The van der Waals surface area contributed by atoms with Crippen molar-refractivity contribution in [2.75, 3.05) is 13.2 Å². The van der Waals surface area contributed by atoms with Gasteiger partial charge in [0.25, 0.3) is 0 Å². The predicted octanol–water partition coefficient (Wildman–Crippen LogP) is 1.37. The number of halogens is 2. The first kappa shape index (κ1) is 7.70. The summed E-state index contributed by atoms with van der Waals surface area (Å²) in [6.45, 7) is 1.46. The number of nitrogens with zero attached hydrogens (tertiary/aromatic N) is 3. The van der Waals surface area contributed by atoms with E-state index in [0.717, 1.165) is 17.9 Å². The smallest absolute Gasteiger partial charge is 0.218 e. The fourth-order valence-corrected chi connectivity index (χ4v) is 1.99. The number of ether oxygens (including phenoxy) is 1. The van der Waals surface area contributed by atoms with Gasteiger partial charge in [0.2, 0.25) is 4.73 Å². The quantitative estimate of drug-likeness (QED) is 0.781. The number of hydrogen-bond acceptors (Lipinski definition) is 3. The molecule has 2 rings (SSSR count). The third-order valence-electron chi connectivity index (χ3n) is 1.53. The minimum Gasteiger partial charge on any atom is -0.377 e. The summed E-state index contributed by atoms with van der Waals surface area (Å²) in [6, 6.07) is 0.350. The Morgan fingerprint density at radius 3 is 2.55 bits per heavy atom. The van der Waals surface area contributed by atoms with Crippen LogP contribution in [0.15, 0.2) is 9.47 Å². The highest BCUT2D eigenvalue weighted by molar-refractivity contribution is 9.11. The minimum absolute atomic E-state index is 0.350. The van der Waals surface area contributed by atoms with Crippen LogP contribution in [0, 0.1) is 0 Å². The Morgan fingerprint density at radius 2 is 2.18 bits per heavy atom. The highest BCUT2D eigenvalue weighted by atomic mass is 79.9. The van der Waals surface area contributed by atoms with Crippen molar-refractivity contribution in [2.24, 2.45) is 0 Å². The fraction of sp³-hybridized carbons (Fsp3) is 0.600. The maximum absolute atomic E-state index is 5.03. The summed E-state index contributed by atoms with van der Waals surface area (Å²) in [5.41, 5.74) is 0. The second kappa shape index (κ2) is 2.84. The molecule has 0 spiro atoms. The molecule has 0 bridgehead atoms. The molecule has 1 aromatic heterocycles. The highest BCUT2D eigenvalue weighted by Crippen LogP contribution is 2.21. The molecule has 1 aliphatic heterocycles. The largest absolute Gasteiger partial charge is 0.377 e. The van der Waals surface area contributed by atoms with Crippen molar-refractivity contribution in [3.05, 3.63) is 9.47 Å². The van der Waals surface area contributed by atoms with Crippen LogP contribution in [0.25, 0.3) is 0 Å². The highest BCUT2D eigenvalue weighted by Gasteiger charge is 2.23. The summed E-state index contributed by atoms with van der Waals surface area (Å²) in [7, 11) is 0. The number of aromatic nitrogens is 3. The van der Waals surface area contributed by atoms with Gasteiger partial charge in [-0.1, -0.05) is 0 Å². The third kappa shape index (κ3) is 1.34. The van der Waals surface area contributed by atoms with Gasteiger partial charge in [-0.25, -0.2) is 4.68 Å². The van der Waals surface area contributed by atoms with Crippen molar-refractivity contribution < 1.29 is 4.74 Å². The average Bonchev–Trinajstić information content (AvgIpc) is 2.07. The summed E-state index contributed by atoms with van der Waals surface area (Å²) >= 11 is 6.49. The first-order valence-corrected chi connectivity index (χ1v) is 4.71. The van der Waals surface area contributed by atoms with Gasteiger partial charge < -0.3 is 4.74 Å². The van der Waals surface area contributed by atoms with E-state index in [4.69, 9.17) is 4.74 Å². The topological polar surface area (TPSA) is 39.9 Å². The van der Waals surface area contributed by atoms with E-state index in [0.29, 0.717) is 10.8 Å². The van der Waals surface area contributed by atoms with Crippen molar-refractivity contribution in [2.45, 2.75) is 6.04 Å². The van der Waals surface area contributed by atoms with Crippen LogP contribution < -0.4 is 0 Å². The van der Waals surface area contributed by atoms with E-state index >= 15 is 0 Å². The first-order chi connectivity index (χ1) is 5.27. The Balaban J connectivity index is 2.28. The summed E-state index contributed by atoms with van der Waals surface area (Å²) in [5, 5.41) is 4.13. The molecule has 2 heterocycles. The van der Waals surface area contributed by atoms with Crippen LogP contribution in [0.2, 0.25) is 0 Å². The zero-order valence-corrected chi connectivity index (χ0v) is 8.67. The van der Waals surface area contributed by atoms with Gasteiger partial charge in [-0.05, 0) is 31.9 Å². The van der Waals surface area contributed by atoms with Gasteiger partial charge in [0, 0.05) is 0 Å². The molecule has 0 saturated carbocycles. The van der Waals surface area contributed by atoms with Gasteiger partial charge in [-0.3, -0.25) is 0 Å². The van der Waals surface area contributed by atoms with E-state index in [9.17, 15) is 0 Å². The van der Waals surface area contributed by atoms with Crippen LogP contribution in [0.4, 0.5) is 0 Å². The molecule has 6 heteroatoms. The van der Waals surface area contributed by atoms with Crippen molar-refractivity contribution in [3.63, 3.8) is 0 Å². The number of rotatable bonds is 1. The lowest BCUT2D eigenvalue weighted by atomic mass is 10.3. The van der Waals surface area contributed by atoms with Crippen LogP contribution in [0.5, 0.6) is 0 Å². The van der Waals surface area contributed by atoms with Gasteiger partial charge >= 0.3 is 0 Å². The second-order valence-electron chi connectivity index (χ2n) is 2.29. The summed E-state index contributed by atoms with van der Waals surface area (Å²) in [6.07, 6.45) is 0. The maximum Gasteiger partial charge on any atom is 0.218 e. The molecule has 0 amide bonds. The normalized spacial score (nSPS) is 18.4. The molecule has 1 aromatic rings. The van der Waals surface area contributed by atoms with Crippen molar-refractivity contribution in [3.8, 4) is 0 Å². The predicted molar refractivity (Wildman–Crippen MR) is 45.3 cm³/mol. The monoisotopic (exact) mass is 281 g/mol. The van der Waals surface area contributed by atoms with E-state index in [-0.39, 0.29) is 0 Å². The molecule has 0 radical (unpaired) electrons. The lowest BCUT2D eigenvalue weighted by Gasteiger charge is -2.25. The fourth-order valence-electron chi connectivity index (χ4n) is 0.877. The molecule has 0 atom stereocenters. The molecule has 1 aliphatic rings. The Bertz CT molecular complexity index is 271. The minimum atomic E-state index is 0.350. The summed E-state index contributed by atoms with van der Waals surface area (Å²) in [4.78, 5) is 4.04. The molecule has 4 nitrogen and oxygen atoms in total. The maximum atomic E-state index is 5.03. The molecular formula is C5H5Br2N3O. The summed E-state index contributed by atoms with van der Waals surface area (Å²) in [5.74, 6) is 0. The van der Waals surface area contributed by atoms with Crippen molar-refractivity contribution in [1.29, 1.82) is 0 Å². The molecule has 0 unspecified atom stereocenters. The van der Waals surface area contributed by atoms with E-state index < -0.39 is 0 Å².